The molecule has 0 radical (unpaired) electrons. The van der Waals surface area contributed by atoms with Crippen LogP contribution in [-0.4, -0.2) is 45.3 Å². The van der Waals surface area contributed by atoms with Crippen LogP contribution in [0.1, 0.15) is 12.0 Å². The predicted octanol–water partition coefficient (Wildman–Crippen LogP) is 2.19. The number of nitrogens with zero attached hydrogens (tertiary/aromatic N) is 1. The molecule has 0 aromatic heterocycles. The van der Waals surface area contributed by atoms with Gasteiger partial charge in [0, 0.05) is 26.2 Å². The fraction of sp³-hybridized carbons (Fsp3) is 0.263. The SMILES string of the molecule is CN(C)S(=O)(=O)c1cccc(NC(=O)COC(=O)CCc2ccc(F)cc2)c1. The second kappa shape index (κ2) is 9.43. The van der Waals surface area contributed by atoms with Crippen LogP contribution in [0.5, 0.6) is 0 Å². The van der Waals surface area contributed by atoms with E-state index in [-0.39, 0.29) is 22.8 Å². The van der Waals surface area contributed by atoms with Crippen LogP contribution in [0.15, 0.2) is 53.4 Å². The molecule has 0 heterocycles. The molecule has 0 saturated heterocycles. The highest BCUT2D eigenvalue weighted by Gasteiger charge is 2.17. The summed E-state index contributed by atoms with van der Waals surface area (Å²) in [6, 6.07) is 11.5. The average molecular weight is 408 g/mol. The summed E-state index contributed by atoms with van der Waals surface area (Å²) in [7, 11) is -0.807. The van der Waals surface area contributed by atoms with Crippen LogP contribution < -0.4 is 5.32 Å². The van der Waals surface area contributed by atoms with Crippen molar-refractivity contribution in [1.82, 2.24) is 4.31 Å². The first-order chi connectivity index (χ1) is 13.2. The van der Waals surface area contributed by atoms with Crippen molar-refractivity contribution in [1.29, 1.82) is 0 Å². The molecule has 2 aromatic rings. The molecule has 1 amide bonds. The van der Waals surface area contributed by atoms with Crippen LogP contribution in [-0.2, 0) is 30.8 Å². The van der Waals surface area contributed by atoms with Gasteiger partial charge in [-0.15, -0.1) is 0 Å². The number of anilines is 1. The van der Waals surface area contributed by atoms with E-state index in [2.05, 4.69) is 5.32 Å². The Kier molecular flexibility index (Phi) is 7.24. The van der Waals surface area contributed by atoms with Gasteiger partial charge in [-0.05, 0) is 42.3 Å². The molecule has 0 fully saturated rings. The second-order valence-electron chi connectivity index (χ2n) is 6.15. The van der Waals surface area contributed by atoms with Crippen LogP contribution >= 0.6 is 0 Å². The number of hydrogen-bond acceptors (Lipinski definition) is 5. The molecule has 9 heteroatoms. The van der Waals surface area contributed by atoms with Crippen LogP contribution in [0.3, 0.4) is 0 Å². The molecule has 0 aliphatic rings. The molecule has 1 N–H and O–H groups in total. The van der Waals surface area contributed by atoms with Gasteiger partial charge in [-0.3, -0.25) is 9.59 Å². The van der Waals surface area contributed by atoms with Gasteiger partial charge in [-0.1, -0.05) is 18.2 Å². The summed E-state index contributed by atoms with van der Waals surface area (Å²) in [5.74, 6) is -1.51. The van der Waals surface area contributed by atoms with E-state index < -0.39 is 28.5 Å². The zero-order valence-electron chi connectivity index (χ0n) is 15.5. The highest BCUT2D eigenvalue weighted by molar-refractivity contribution is 7.89. The summed E-state index contributed by atoms with van der Waals surface area (Å²) in [5.41, 5.74) is 1.05. The van der Waals surface area contributed by atoms with Crippen molar-refractivity contribution >= 4 is 27.6 Å². The molecule has 0 bridgehead atoms. The summed E-state index contributed by atoms with van der Waals surface area (Å²) in [6.45, 7) is -0.493. The quantitative estimate of drug-likeness (QED) is 0.676. The number of halogens is 1. The third-order valence-corrected chi connectivity index (χ3v) is 5.60. The summed E-state index contributed by atoms with van der Waals surface area (Å²) in [5, 5.41) is 2.49. The van der Waals surface area contributed by atoms with E-state index in [1.807, 2.05) is 0 Å². The van der Waals surface area contributed by atoms with E-state index in [0.29, 0.717) is 6.42 Å². The molecule has 0 aliphatic carbocycles. The molecule has 2 aromatic carbocycles. The highest BCUT2D eigenvalue weighted by Crippen LogP contribution is 2.18. The minimum absolute atomic E-state index is 0.0339. The van der Waals surface area contributed by atoms with Gasteiger partial charge in [-0.25, -0.2) is 17.1 Å². The Balaban J connectivity index is 1.84. The second-order valence-corrected chi connectivity index (χ2v) is 8.30. The summed E-state index contributed by atoms with van der Waals surface area (Å²) >= 11 is 0. The number of benzene rings is 2. The Morgan fingerprint density at radius 3 is 2.43 bits per heavy atom. The fourth-order valence-electron chi connectivity index (χ4n) is 2.26. The Bertz CT molecular complexity index is 943. The van der Waals surface area contributed by atoms with Crippen LogP contribution in [0, 0.1) is 5.82 Å². The molecular formula is C19H21FN2O5S. The Labute approximate surface area is 163 Å². The minimum atomic E-state index is -3.62. The lowest BCUT2D eigenvalue weighted by Crippen LogP contribution is -2.23. The van der Waals surface area contributed by atoms with Gasteiger partial charge < -0.3 is 10.1 Å². The van der Waals surface area contributed by atoms with E-state index in [0.717, 1.165) is 9.87 Å². The molecule has 0 unspecified atom stereocenters. The summed E-state index contributed by atoms with van der Waals surface area (Å²) in [6.07, 6.45) is 0.417. The maximum atomic E-state index is 12.8. The van der Waals surface area contributed by atoms with Gasteiger partial charge in [-0.2, -0.15) is 0 Å². The van der Waals surface area contributed by atoms with E-state index >= 15 is 0 Å². The van der Waals surface area contributed by atoms with E-state index in [9.17, 15) is 22.4 Å². The smallest absolute Gasteiger partial charge is 0.306 e. The van der Waals surface area contributed by atoms with Crippen molar-refractivity contribution in [2.75, 3.05) is 26.0 Å². The highest BCUT2D eigenvalue weighted by atomic mass is 32.2. The first-order valence-electron chi connectivity index (χ1n) is 8.41. The largest absolute Gasteiger partial charge is 0.456 e. The fourth-order valence-corrected chi connectivity index (χ4v) is 3.21. The maximum absolute atomic E-state index is 12.8. The van der Waals surface area contributed by atoms with Gasteiger partial charge in [0.25, 0.3) is 5.91 Å². The first-order valence-corrected chi connectivity index (χ1v) is 9.85. The Morgan fingerprint density at radius 2 is 1.79 bits per heavy atom. The number of esters is 1. The Hall–Kier alpha value is -2.78. The average Bonchev–Trinajstić information content (AvgIpc) is 2.66. The zero-order valence-corrected chi connectivity index (χ0v) is 16.3. The van der Waals surface area contributed by atoms with Crippen LogP contribution in [0.2, 0.25) is 0 Å². The van der Waals surface area contributed by atoms with Gasteiger partial charge in [0.1, 0.15) is 5.82 Å². The first kappa shape index (κ1) is 21.5. The van der Waals surface area contributed by atoms with Crippen LogP contribution in [0.25, 0.3) is 0 Å². The number of nitrogens with one attached hydrogen (secondary N) is 1. The van der Waals surface area contributed by atoms with Crippen molar-refractivity contribution < 1.29 is 27.1 Å². The van der Waals surface area contributed by atoms with Gasteiger partial charge in [0.2, 0.25) is 10.0 Å². The zero-order chi connectivity index (χ0) is 20.7. The van der Waals surface area contributed by atoms with Crippen molar-refractivity contribution in [3.63, 3.8) is 0 Å². The van der Waals surface area contributed by atoms with Gasteiger partial charge in [0.15, 0.2) is 6.61 Å². The number of amides is 1. The standard InChI is InChI=1S/C19H21FN2O5S/c1-22(2)28(25,26)17-5-3-4-16(12-17)21-18(23)13-27-19(24)11-8-14-6-9-15(20)10-7-14/h3-7,9-10,12H,8,11,13H2,1-2H3,(H,21,23). The summed E-state index contributed by atoms with van der Waals surface area (Å²) < 4.78 is 43.0. The third-order valence-electron chi connectivity index (χ3n) is 3.79. The molecule has 0 aliphatic heterocycles. The molecular weight excluding hydrogens is 387 g/mol. The number of hydrogen-bond donors (Lipinski definition) is 1. The lowest BCUT2D eigenvalue weighted by molar-refractivity contribution is -0.147. The van der Waals surface area contributed by atoms with E-state index in [4.69, 9.17) is 4.74 Å². The lowest BCUT2D eigenvalue weighted by atomic mass is 10.1. The van der Waals surface area contributed by atoms with Crippen molar-refractivity contribution in [3.8, 4) is 0 Å². The topological polar surface area (TPSA) is 92.8 Å². The van der Waals surface area contributed by atoms with E-state index in [1.54, 1.807) is 12.1 Å². The number of rotatable bonds is 8. The van der Waals surface area contributed by atoms with E-state index in [1.165, 1.54) is 50.5 Å². The van der Waals surface area contributed by atoms with Gasteiger partial charge in [0.05, 0.1) is 4.90 Å². The lowest BCUT2D eigenvalue weighted by Gasteiger charge is -2.12. The minimum Gasteiger partial charge on any atom is -0.456 e. The van der Waals surface area contributed by atoms with Crippen molar-refractivity contribution in [2.45, 2.75) is 17.7 Å². The number of carbonyl (C=O) groups excluding carboxylic acids is 2. The molecule has 0 atom stereocenters. The monoisotopic (exact) mass is 408 g/mol. The number of aryl methyl sites for hydroxylation is 1. The van der Waals surface area contributed by atoms with Gasteiger partial charge >= 0.3 is 5.97 Å². The number of sulfonamides is 1. The maximum Gasteiger partial charge on any atom is 0.306 e. The molecule has 2 rings (SSSR count). The van der Waals surface area contributed by atoms with Crippen molar-refractivity contribution in [3.05, 3.63) is 59.9 Å². The number of ether oxygens (including phenoxy) is 1. The number of carbonyl (C=O) groups is 2. The molecule has 0 spiro atoms. The molecule has 7 nitrogen and oxygen atoms in total. The molecule has 0 saturated carbocycles. The normalized spacial score (nSPS) is 11.3. The van der Waals surface area contributed by atoms with Crippen molar-refractivity contribution in [2.24, 2.45) is 0 Å². The van der Waals surface area contributed by atoms with Crippen LogP contribution in [0.4, 0.5) is 10.1 Å². The Morgan fingerprint density at radius 1 is 1.11 bits per heavy atom. The molecule has 150 valence electrons. The summed E-state index contributed by atoms with van der Waals surface area (Å²) in [4.78, 5) is 23.7. The molecule has 28 heavy (non-hydrogen) atoms. The predicted molar refractivity (Wildman–Crippen MR) is 102 cm³/mol. The third kappa shape index (κ3) is 6.14.